The second-order valence-corrected chi connectivity index (χ2v) is 7.35. The van der Waals surface area contributed by atoms with Crippen molar-refractivity contribution in [3.05, 3.63) is 65.2 Å². The topological polar surface area (TPSA) is 65.2 Å². The van der Waals surface area contributed by atoms with Gasteiger partial charge in [0.2, 0.25) is 0 Å². The number of nitrogens with one attached hydrogen (secondary N) is 1. The molecule has 0 radical (unpaired) electrons. The van der Waals surface area contributed by atoms with Gasteiger partial charge in [-0.05, 0) is 48.6 Å². The summed E-state index contributed by atoms with van der Waals surface area (Å²) in [5.74, 6) is 0.944. The first-order valence-electron chi connectivity index (χ1n) is 10.2. The van der Waals surface area contributed by atoms with Crippen molar-refractivity contribution in [3.63, 3.8) is 0 Å². The lowest BCUT2D eigenvalue weighted by Crippen LogP contribution is -2.45. The number of fused-ring (bicyclic) bond motifs is 1. The van der Waals surface area contributed by atoms with E-state index >= 15 is 0 Å². The second kappa shape index (κ2) is 13.2. The average Bonchev–Trinajstić information content (AvgIpc) is 2.74. The van der Waals surface area contributed by atoms with Crippen molar-refractivity contribution in [3.8, 4) is 5.75 Å². The van der Waals surface area contributed by atoms with E-state index in [1.54, 1.807) is 0 Å². The number of hydrogen-bond donors (Lipinski definition) is 1. The maximum atomic E-state index is 6.24. The van der Waals surface area contributed by atoms with Gasteiger partial charge in [-0.1, -0.05) is 36.4 Å². The van der Waals surface area contributed by atoms with E-state index in [4.69, 9.17) is 9.47 Å². The van der Waals surface area contributed by atoms with Crippen molar-refractivity contribution in [2.24, 2.45) is 0 Å². The van der Waals surface area contributed by atoms with Crippen molar-refractivity contribution in [2.45, 2.75) is 31.9 Å². The van der Waals surface area contributed by atoms with E-state index in [0.29, 0.717) is 12.6 Å². The van der Waals surface area contributed by atoms with E-state index in [1.807, 2.05) is 6.92 Å². The minimum absolute atomic E-state index is 0. The molecule has 0 bridgehead atoms. The maximum Gasteiger partial charge on any atom is 0.119 e. The fourth-order valence-electron chi connectivity index (χ4n) is 4.32. The Balaban J connectivity index is 0.00000150. The van der Waals surface area contributed by atoms with Crippen molar-refractivity contribution >= 4 is 24.8 Å². The Hall–Kier alpha value is -1.34. The van der Waals surface area contributed by atoms with Crippen LogP contribution < -0.4 is 10.1 Å². The van der Waals surface area contributed by atoms with Gasteiger partial charge in [0.05, 0.1) is 19.3 Å². The molecule has 2 aromatic rings. The standard InChI is InChI=1S/C23H30N2O2.2ClH.H2O/c1-2-26-20-9-7-19(8-10-20)22(25-14-12-24-13-15-25)17-23-21-6-4-3-5-18(21)11-16-27-23;;;/h3-10,22-24H,2,11-17H2,1H3;2*1H;1H2. The van der Waals surface area contributed by atoms with Crippen molar-refractivity contribution < 1.29 is 14.9 Å². The molecule has 0 saturated carbocycles. The number of rotatable bonds is 6. The summed E-state index contributed by atoms with van der Waals surface area (Å²) in [7, 11) is 0. The highest BCUT2D eigenvalue weighted by Crippen LogP contribution is 2.37. The lowest BCUT2D eigenvalue weighted by atomic mass is 9.90. The number of piperazine rings is 1. The van der Waals surface area contributed by atoms with Crippen LogP contribution in [0, 0.1) is 0 Å². The van der Waals surface area contributed by atoms with Gasteiger partial charge in [-0.25, -0.2) is 0 Å². The maximum absolute atomic E-state index is 6.24. The second-order valence-electron chi connectivity index (χ2n) is 7.35. The minimum atomic E-state index is 0. The van der Waals surface area contributed by atoms with Gasteiger partial charge in [0.1, 0.15) is 5.75 Å². The molecule has 2 atom stereocenters. The third-order valence-corrected chi connectivity index (χ3v) is 5.70. The van der Waals surface area contributed by atoms with Crippen LogP contribution in [0.3, 0.4) is 0 Å². The fourth-order valence-corrected chi connectivity index (χ4v) is 4.32. The molecule has 5 nitrogen and oxygen atoms in total. The summed E-state index contributed by atoms with van der Waals surface area (Å²) >= 11 is 0. The molecule has 0 spiro atoms. The van der Waals surface area contributed by atoms with E-state index in [1.165, 1.54) is 16.7 Å². The van der Waals surface area contributed by atoms with Crippen LogP contribution in [0.25, 0.3) is 0 Å². The van der Waals surface area contributed by atoms with Crippen molar-refractivity contribution in [2.75, 3.05) is 39.4 Å². The van der Waals surface area contributed by atoms with Gasteiger partial charge in [0.25, 0.3) is 0 Å². The predicted molar refractivity (Wildman–Crippen MR) is 126 cm³/mol. The molecule has 2 unspecified atom stereocenters. The number of halogens is 2. The van der Waals surface area contributed by atoms with Gasteiger partial charge in [-0.15, -0.1) is 24.8 Å². The largest absolute Gasteiger partial charge is 0.494 e. The van der Waals surface area contributed by atoms with Crippen LogP contribution in [0.2, 0.25) is 0 Å². The number of hydrogen-bond acceptors (Lipinski definition) is 4. The Morgan fingerprint density at radius 2 is 1.77 bits per heavy atom. The molecule has 168 valence electrons. The third-order valence-electron chi connectivity index (χ3n) is 5.70. The number of ether oxygens (including phenoxy) is 2. The summed E-state index contributed by atoms with van der Waals surface area (Å²) < 4.78 is 11.9. The summed E-state index contributed by atoms with van der Waals surface area (Å²) in [4.78, 5) is 2.60. The molecule has 1 saturated heterocycles. The minimum Gasteiger partial charge on any atom is -0.494 e. The zero-order valence-electron chi connectivity index (χ0n) is 17.5. The first-order valence-corrected chi connectivity index (χ1v) is 10.2. The van der Waals surface area contributed by atoms with E-state index in [0.717, 1.165) is 51.4 Å². The van der Waals surface area contributed by atoms with Crippen LogP contribution >= 0.6 is 24.8 Å². The summed E-state index contributed by atoms with van der Waals surface area (Å²) in [5, 5.41) is 3.47. The zero-order chi connectivity index (χ0) is 18.5. The monoisotopic (exact) mass is 456 g/mol. The van der Waals surface area contributed by atoms with E-state index in [9.17, 15) is 0 Å². The van der Waals surface area contributed by atoms with Gasteiger partial charge in [-0.3, -0.25) is 4.90 Å². The molecule has 0 amide bonds. The highest BCUT2D eigenvalue weighted by atomic mass is 35.5. The molecule has 2 aliphatic heterocycles. The fraction of sp³-hybridized carbons (Fsp3) is 0.478. The van der Waals surface area contributed by atoms with Gasteiger partial charge in [0.15, 0.2) is 0 Å². The quantitative estimate of drug-likeness (QED) is 0.718. The highest BCUT2D eigenvalue weighted by molar-refractivity contribution is 5.85. The highest BCUT2D eigenvalue weighted by Gasteiger charge is 2.29. The average molecular weight is 457 g/mol. The summed E-state index contributed by atoms with van der Waals surface area (Å²) in [6.07, 6.45) is 2.18. The summed E-state index contributed by atoms with van der Waals surface area (Å²) in [6, 6.07) is 17.8. The van der Waals surface area contributed by atoms with Crippen LogP contribution in [0.1, 0.15) is 42.2 Å². The molecular weight excluding hydrogens is 423 g/mol. The Morgan fingerprint density at radius 1 is 1.07 bits per heavy atom. The Morgan fingerprint density at radius 3 is 2.47 bits per heavy atom. The summed E-state index contributed by atoms with van der Waals surface area (Å²) in [6.45, 7) is 7.80. The number of benzene rings is 2. The van der Waals surface area contributed by atoms with Crippen LogP contribution in [-0.4, -0.2) is 49.8 Å². The van der Waals surface area contributed by atoms with Crippen LogP contribution in [-0.2, 0) is 11.2 Å². The Labute approximate surface area is 192 Å². The predicted octanol–water partition coefficient (Wildman–Crippen LogP) is 3.75. The molecule has 0 aliphatic carbocycles. The lowest BCUT2D eigenvalue weighted by molar-refractivity contribution is 0.0119. The normalized spacial score (nSPS) is 19.3. The smallest absolute Gasteiger partial charge is 0.119 e. The van der Waals surface area contributed by atoms with Crippen molar-refractivity contribution in [1.82, 2.24) is 10.2 Å². The van der Waals surface area contributed by atoms with Gasteiger partial charge >= 0.3 is 0 Å². The molecular formula is C23H34Cl2N2O3. The SMILES string of the molecule is CCOc1ccc(C(CC2OCCc3ccccc32)N2CCNCC2)cc1.Cl.Cl.O. The van der Waals surface area contributed by atoms with Crippen LogP contribution in [0.15, 0.2) is 48.5 Å². The van der Waals surface area contributed by atoms with Gasteiger partial charge in [0, 0.05) is 32.2 Å². The molecule has 0 aromatic heterocycles. The molecule has 4 rings (SSSR count). The lowest BCUT2D eigenvalue weighted by Gasteiger charge is -2.38. The van der Waals surface area contributed by atoms with Crippen LogP contribution in [0.5, 0.6) is 5.75 Å². The molecule has 1 fully saturated rings. The zero-order valence-corrected chi connectivity index (χ0v) is 19.1. The summed E-state index contributed by atoms with van der Waals surface area (Å²) in [5.41, 5.74) is 4.17. The molecule has 7 heteroatoms. The first-order chi connectivity index (χ1) is 13.3. The van der Waals surface area contributed by atoms with Crippen LogP contribution in [0.4, 0.5) is 0 Å². The molecule has 2 aliphatic rings. The molecule has 2 heterocycles. The molecule has 3 N–H and O–H groups in total. The van der Waals surface area contributed by atoms with E-state index in [2.05, 4.69) is 58.7 Å². The van der Waals surface area contributed by atoms with Crippen molar-refractivity contribution in [1.29, 1.82) is 0 Å². The first kappa shape index (κ1) is 26.7. The molecule has 2 aromatic carbocycles. The van der Waals surface area contributed by atoms with E-state index < -0.39 is 0 Å². The van der Waals surface area contributed by atoms with E-state index in [-0.39, 0.29) is 36.4 Å². The van der Waals surface area contributed by atoms with Gasteiger partial charge in [-0.2, -0.15) is 0 Å². The third kappa shape index (κ3) is 6.33. The number of nitrogens with zero attached hydrogens (tertiary/aromatic N) is 1. The molecule has 30 heavy (non-hydrogen) atoms. The van der Waals surface area contributed by atoms with Gasteiger partial charge < -0.3 is 20.3 Å². The Bertz CT molecular complexity index is 739. The Kier molecular flexibility index (Phi) is 11.7.